The van der Waals surface area contributed by atoms with E-state index in [2.05, 4.69) is 5.10 Å². The van der Waals surface area contributed by atoms with E-state index in [-0.39, 0.29) is 11.4 Å². The average Bonchev–Trinajstić information content (AvgIpc) is 3.11. The summed E-state index contributed by atoms with van der Waals surface area (Å²) in [7, 11) is 0. The lowest BCUT2D eigenvalue weighted by atomic mass is 10.0. The van der Waals surface area contributed by atoms with Crippen molar-refractivity contribution in [2.24, 2.45) is 0 Å². The normalized spacial score (nSPS) is 13.1. The number of hydrogen-bond acceptors (Lipinski definition) is 3. The van der Waals surface area contributed by atoms with Gasteiger partial charge in [0.1, 0.15) is 22.8 Å². The van der Waals surface area contributed by atoms with Crippen LogP contribution in [0.15, 0.2) is 36.5 Å². The summed E-state index contributed by atoms with van der Waals surface area (Å²) in [6, 6.07) is 7.42. The van der Waals surface area contributed by atoms with Gasteiger partial charge in [0.25, 0.3) is 0 Å². The van der Waals surface area contributed by atoms with Gasteiger partial charge in [0.05, 0.1) is 12.1 Å². The van der Waals surface area contributed by atoms with E-state index in [9.17, 15) is 14.3 Å². The van der Waals surface area contributed by atoms with E-state index in [0.717, 1.165) is 5.56 Å². The second-order valence-electron chi connectivity index (χ2n) is 5.09. The number of aromatic carboxylic acids is 1. The quantitative estimate of drug-likeness (QED) is 0.790. The van der Waals surface area contributed by atoms with Gasteiger partial charge in [-0.2, -0.15) is 5.10 Å². The molecule has 0 unspecified atom stereocenters. The molecule has 6 heteroatoms. The summed E-state index contributed by atoms with van der Waals surface area (Å²) < 4.78 is 20.1. The lowest BCUT2D eigenvalue weighted by molar-refractivity contribution is 0.0699. The van der Waals surface area contributed by atoms with E-state index in [1.165, 1.54) is 24.3 Å². The van der Waals surface area contributed by atoms with E-state index >= 15 is 0 Å². The van der Waals surface area contributed by atoms with Crippen LogP contribution in [0.2, 0.25) is 0 Å². The number of benzene rings is 1. The highest BCUT2D eigenvalue weighted by atomic mass is 19.1. The van der Waals surface area contributed by atoms with Crippen LogP contribution in [0.25, 0.3) is 16.8 Å². The lowest BCUT2D eigenvalue weighted by Gasteiger charge is -2.02. The van der Waals surface area contributed by atoms with Crippen LogP contribution in [0.4, 0.5) is 4.39 Å². The molecule has 0 saturated heterocycles. The number of halogens is 1. The van der Waals surface area contributed by atoms with Crippen LogP contribution >= 0.6 is 0 Å². The molecule has 4 rings (SSSR count). The molecule has 1 aliphatic heterocycles. The van der Waals surface area contributed by atoms with Gasteiger partial charge in [0.2, 0.25) is 0 Å². The van der Waals surface area contributed by atoms with Crippen LogP contribution < -0.4 is 4.74 Å². The fourth-order valence-corrected chi connectivity index (χ4v) is 2.84. The van der Waals surface area contributed by atoms with Gasteiger partial charge in [-0.05, 0) is 30.3 Å². The topological polar surface area (TPSA) is 63.8 Å². The molecule has 2 aromatic heterocycles. The second kappa shape index (κ2) is 4.56. The largest absolute Gasteiger partial charge is 0.493 e. The number of carboxylic acid groups (broad SMARTS) is 1. The van der Waals surface area contributed by atoms with Crippen LogP contribution in [0.5, 0.6) is 5.75 Å². The zero-order valence-electron chi connectivity index (χ0n) is 11.4. The van der Waals surface area contributed by atoms with Crippen molar-refractivity contribution in [3.63, 3.8) is 0 Å². The molecule has 0 aliphatic carbocycles. The van der Waals surface area contributed by atoms with Crippen molar-refractivity contribution in [1.29, 1.82) is 0 Å². The molecule has 0 bridgehead atoms. The summed E-state index contributed by atoms with van der Waals surface area (Å²) in [5.41, 5.74) is 2.40. The van der Waals surface area contributed by atoms with E-state index in [4.69, 9.17) is 4.74 Å². The predicted molar refractivity (Wildman–Crippen MR) is 76.7 cm³/mol. The van der Waals surface area contributed by atoms with Crippen molar-refractivity contribution < 1.29 is 19.0 Å². The van der Waals surface area contributed by atoms with Crippen LogP contribution in [-0.4, -0.2) is 27.3 Å². The molecular weight excluding hydrogens is 287 g/mol. The first-order chi connectivity index (χ1) is 10.6. The maximum absolute atomic E-state index is 13.1. The standard InChI is InChI=1S/C16H11FN2O3/c17-10-3-1-9(2-4-10)14-13(16(20)21)15-11-6-8-22-12(11)5-7-19(15)18-14/h1-5,7H,6,8H2,(H,20,21). The third kappa shape index (κ3) is 1.77. The number of nitrogens with zero attached hydrogens (tertiary/aromatic N) is 2. The minimum absolute atomic E-state index is 0.119. The molecule has 1 aliphatic rings. The van der Waals surface area contributed by atoms with Crippen LogP contribution in [-0.2, 0) is 6.42 Å². The minimum atomic E-state index is -1.06. The van der Waals surface area contributed by atoms with Crippen molar-refractivity contribution in [1.82, 2.24) is 9.61 Å². The van der Waals surface area contributed by atoms with Crippen LogP contribution in [0.3, 0.4) is 0 Å². The van der Waals surface area contributed by atoms with Gasteiger partial charge < -0.3 is 9.84 Å². The van der Waals surface area contributed by atoms with Gasteiger partial charge in [-0.15, -0.1) is 0 Å². The number of carboxylic acids is 1. The highest BCUT2D eigenvalue weighted by Crippen LogP contribution is 2.34. The lowest BCUT2D eigenvalue weighted by Crippen LogP contribution is -2.00. The molecule has 3 aromatic rings. The van der Waals surface area contributed by atoms with Crippen molar-refractivity contribution in [2.75, 3.05) is 6.61 Å². The van der Waals surface area contributed by atoms with E-state index < -0.39 is 5.97 Å². The third-order valence-electron chi connectivity index (χ3n) is 3.80. The van der Waals surface area contributed by atoms with E-state index in [1.54, 1.807) is 16.8 Å². The monoisotopic (exact) mass is 298 g/mol. The first kappa shape index (κ1) is 12.8. The number of pyridine rings is 1. The number of ether oxygens (including phenoxy) is 1. The Balaban J connectivity index is 2.05. The van der Waals surface area contributed by atoms with Crippen molar-refractivity contribution in [3.8, 4) is 17.0 Å². The zero-order valence-corrected chi connectivity index (χ0v) is 11.4. The van der Waals surface area contributed by atoms with Crippen LogP contribution in [0, 0.1) is 5.82 Å². The Bertz CT molecular complexity index is 900. The summed E-state index contributed by atoms with van der Waals surface area (Å²) in [6.45, 7) is 0.533. The molecular formula is C16H11FN2O3. The SMILES string of the molecule is O=C(O)c1c(-c2ccc(F)cc2)nn2ccc3c(c12)CCO3. The fraction of sp³-hybridized carbons (Fsp3) is 0.125. The average molecular weight is 298 g/mol. The molecule has 0 atom stereocenters. The fourth-order valence-electron chi connectivity index (χ4n) is 2.84. The molecule has 0 saturated carbocycles. The Morgan fingerprint density at radius 3 is 2.77 bits per heavy atom. The van der Waals surface area contributed by atoms with Gasteiger partial charge in [0, 0.05) is 23.7 Å². The molecule has 22 heavy (non-hydrogen) atoms. The first-order valence-electron chi connectivity index (χ1n) is 6.81. The second-order valence-corrected chi connectivity index (χ2v) is 5.09. The summed E-state index contributed by atoms with van der Waals surface area (Å²) >= 11 is 0. The molecule has 0 amide bonds. The summed E-state index contributed by atoms with van der Waals surface area (Å²) in [6.07, 6.45) is 2.33. The van der Waals surface area contributed by atoms with Crippen molar-refractivity contribution >= 4 is 11.5 Å². The Hall–Kier alpha value is -2.89. The molecule has 0 fully saturated rings. The maximum atomic E-state index is 13.1. The van der Waals surface area contributed by atoms with Crippen LogP contribution in [0.1, 0.15) is 15.9 Å². The molecule has 3 heterocycles. The number of carbonyl (C=O) groups is 1. The Labute approximate surface area is 124 Å². The van der Waals surface area contributed by atoms with Gasteiger partial charge in [-0.25, -0.2) is 13.7 Å². The number of rotatable bonds is 2. The summed E-state index contributed by atoms with van der Waals surface area (Å²) in [5.74, 6) is -0.742. The minimum Gasteiger partial charge on any atom is -0.493 e. The smallest absolute Gasteiger partial charge is 0.340 e. The number of fused-ring (bicyclic) bond motifs is 3. The van der Waals surface area contributed by atoms with Gasteiger partial charge in [-0.3, -0.25) is 0 Å². The molecule has 1 N–H and O–H groups in total. The van der Waals surface area contributed by atoms with E-state index in [1.807, 2.05) is 0 Å². The number of hydrogen-bond donors (Lipinski definition) is 1. The molecule has 110 valence electrons. The number of aromatic nitrogens is 2. The molecule has 0 radical (unpaired) electrons. The Kier molecular flexibility index (Phi) is 2.66. The highest BCUT2D eigenvalue weighted by Gasteiger charge is 2.26. The van der Waals surface area contributed by atoms with Crippen molar-refractivity contribution in [3.05, 3.63) is 53.5 Å². The maximum Gasteiger partial charge on any atom is 0.340 e. The molecule has 0 spiro atoms. The summed E-state index contributed by atoms with van der Waals surface area (Å²) in [5, 5.41) is 14.0. The highest BCUT2D eigenvalue weighted by molar-refractivity contribution is 6.03. The Morgan fingerprint density at radius 1 is 1.27 bits per heavy atom. The van der Waals surface area contributed by atoms with Gasteiger partial charge >= 0.3 is 5.97 Å². The zero-order chi connectivity index (χ0) is 15.3. The van der Waals surface area contributed by atoms with Gasteiger partial charge in [0.15, 0.2) is 0 Å². The van der Waals surface area contributed by atoms with Crippen molar-refractivity contribution in [2.45, 2.75) is 6.42 Å². The first-order valence-corrected chi connectivity index (χ1v) is 6.81. The predicted octanol–water partition coefficient (Wildman–Crippen LogP) is 2.77. The summed E-state index contributed by atoms with van der Waals surface area (Å²) in [4.78, 5) is 11.8. The third-order valence-corrected chi connectivity index (χ3v) is 3.80. The Morgan fingerprint density at radius 2 is 2.05 bits per heavy atom. The molecule has 1 aromatic carbocycles. The van der Waals surface area contributed by atoms with E-state index in [0.29, 0.717) is 35.6 Å². The van der Waals surface area contributed by atoms with Gasteiger partial charge in [-0.1, -0.05) is 0 Å². The molecule has 5 nitrogen and oxygen atoms in total.